The lowest BCUT2D eigenvalue weighted by Gasteiger charge is -2.58. The Morgan fingerprint density at radius 2 is 1.57 bits per heavy atom. The van der Waals surface area contributed by atoms with E-state index < -0.39 is 18.4 Å². The van der Waals surface area contributed by atoms with Gasteiger partial charge in [-0.25, -0.2) is 9.59 Å². The summed E-state index contributed by atoms with van der Waals surface area (Å²) >= 11 is 0. The lowest BCUT2D eigenvalue weighted by Crippen LogP contribution is -2.55. The molecule has 0 amide bonds. The van der Waals surface area contributed by atoms with E-state index in [1.165, 1.54) is 19.8 Å². The molecule has 0 saturated heterocycles. The second-order valence-electron chi connectivity index (χ2n) is 9.79. The van der Waals surface area contributed by atoms with E-state index in [4.69, 9.17) is 14.2 Å². The highest BCUT2D eigenvalue weighted by molar-refractivity contribution is 5.87. The first-order valence-electron chi connectivity index (χ1n) is 11.0. The number of carbonyl (C=O) groups excluding carboxylic acids is 3. The van der Waals surface area contributed by atoms with Gasteiger partial charge in [0.1, 0.15) is 18.0 Å². The van der Waals surface area contributed by atoms with Crippen molar-refractivity contribution in [1.29, 1.82) is 0 Å². The van der Waals surface area contributed by atoms with Crippen LogP contribution in [0.2, 0.25) is 0 Å². The summed E-state index contributed by atoms with van der Waals surface area (Å²) in [4.78, 5) is 36.4. The molecule has 0 aromatic heterocycles. The molecular formula is C23H32O7. The van der Waals surface area contributed by atoms with Gasteiger partial charge in [0.05, 0.1) is 14.2 Å². The van der Waals surface area contributed by atoms with Crippen LogP contribution >= 0.6 is 0 Å². The number of hydrogen-bond donors (Lipinski definition) is 0. The highest BCUT2D eigenvalue weighted by Crippen LogP contribution is 2.64. The predicted molar refractivity (Wildman–Crippen MR) is 107 cm³/mol. The van der Waals surface area contributed by atoms with Crippen LogP contribution in [0.15, 0.2) is 11.6 Å². The smallest absolute Gasteiger partial charge is 0.438 e. The van der Waals surface area contributed by atoms with Crippen molar-refractivity contribution >= 4 is 18.1 Å². The minimum atomic E-state index is -0.700. The fourth-order valence-corrected chi connectivity index (χ4v) is 6.92. The molecule has 0 heterocycles. The summed E-state index contributed by atoms with van der Waals surface area (Å²) in [6.45, 7) is 4.39. The summed E-state index contributed by atoms with van der Waals surface area (Å²) in [5, 5.41) is 0. The maximum absolute atomic E-state index is 12.7. The van der Waals surface area contributed by atoms with Crippen LogP contribution in [0.1, 0.15) is 58.8 Å². The Labute approximate surface area is 177 Å². The molecule has 30 heavy (non-hydrogen) atoms. The Hall–Kier alpha value is -2.05. The normalized spacial score (nSPS) is 42.2. The van der Waals surface area contributed by atoms with E-state index in [1.54, 1.807) is 0 Å². The van der Waals surface area contributed by atoms with E-state index in [2.05, 4.69) is 24.7 Å². The Bertz CT molecular complexity index is 774. The van der Waals surface area contributed by atoms with E-state index in [0.717, 1.165) is 32.1 Å². The number of rotatable bonds is 2. The molecule has 3 saturated carbocycles. The van der Waals surface area contributed by atoms with Crippen molar-refractivity contribution in [2.24, 2.45) is 28.6 Å². The summed E-state index contributed by atoms with van der Waals surface area (Å²) in [6.07, 6.45) is 5.56. The molecule has 4 aliphatic rings. The summed E-state index contributed by atoms with van der Waals surface area (Å²) < 4.78 is 20.6. The van der Waals surface area contributed by atoms with Gasteiger partial charge in [0.25, 0.3) is 0 Å². The number of Topliss-reactive ketones (excluding diaryl/α,β-unsaturated/α-hetero) is 1. The van der Waals surface area contributed by atoms with Gasteiger partial charge in [0.2, 0.25) is 0 Å². The van der Waals surface area contributed by atoms with Gasteiger partial charge in [-0.05, 0) is 55.4 Å². The van der Waals surface area contributed by atoms with E-state index in [0.29, 0.717) is 24.5 Å². The minimum absolute atomic E-state index is 0.0520. The van der Waals surface area contributed by atoms with Crippen molar-refractivity contribution in [3.8, 4) is 0 Å². The Kier molecular flexibility index (Phi) is 5.35. The quantitative estimate of drug-likeness (QED) is 0.482. The van der Waals surface area contributed by atoms with Crippen molar-refractivity contribution < 1.29 is 33.3 Å². The highest BCUT2D eigenvalue weighted by atomic mass is 16.7. The van der Waals surface area contributed by atoms with E-state index in [-0.39, 0.29) is 28.8 Å². The van der Waals surface area contributed by atoms with Gasteiger partial charge in [-0.3, -0.25) is 4.79 Å². The van der Waals surface area contributed by atoms with Crippen LogP contribution in [-0.2, 0) is 23.7 Å². The average molecular weight is 421 g/mol. The first-order valence-corrected chi connectivity index (χ1v) is 11.0. The molecule has 0 bridgehead atoms. The maximum atomic E-state index is 12.7. The highest BCUT2D eigenvalue weighted by Gasteiger charge is 2.61. The third-order valence-corrected chi connectivity index (χ3v) is 8.60. The van der Waals surface area contributed by atoms with Gasteiger partial charge in [-0.1, -0.05) is 19.4 Å². The SMILES string of the molecule is COC(=O)OC1CCC2(C)C(=CC(OC(=O)OC)C3C4CCC(=O)C4(C)CCC32)C1. The third kappa shape index (κ3) is 3.21. The van der Waals surface area contributed by atoms with Crippen LogP contribution in [-0.4, -0.2) is 44.5 Å². The summed E-state index contributed by atoms with van der Waals surface area (Å²) in [5.41, 5.74) is 0.792. The lowest BCUT2D eigenvalue weighted by atomic mass is 9.47. The Morgan fingerprint density at radius 3 is 2.27 bits per heavy atom. The van der Waals surface area contributed by atoms with E-state index in [1.807, 2.05) is 0 Å². The van der Waals surface area contributed by atoms with Crippen molar-refractivity contribution in [1.82, 2.24) is 0 Å². The standard InChI is InChI=1S/C23H32O7/c1-22-9-7-14(29-20(25)27-3)11-13(22)12-17(30-21(26)28-4)19-15-5-6-18(24)23(15,2)10-8-16(19)22/h12,14-17,19H,5-11H2,1-4H3. The molecule has 7 atom stereocenters. The zero-order valence-electron chi connectivity index (χ0n) is 18.3. The summed E-state index contributed by atoms with van der Waals surface area (Å²) in [5.74, 6) is 0.964. The number of fused-ring (bicyclic) bond motifs is 5. The lowest BCUT2D eigenvalue weighted by molar-refractivity contribution is -0.136. The topological polar surface area (TPSA) is 88.1 Å². The van der Waals surface area contributed by atoms with Crippen LogP contribution < -0.4 is 0 Å². The minimum Gasteiger partial charge on any atom is -0.438 e. The molecule has 7 unspecified atom stereocenters. The van der Waals surface area contributed by atoms with E-state index in [9.17, 15) is 14.4 Å². The number of hydrogen-bond acceptors (Lipinski definition) is 7. The Balaban J connectivity index is 1.69. The molecule has 7 heteroatoms. The molecule has 4 rings (SSSR count). The Morgan fingerprint density at radius 1 is 0.933 bits per heavy atom. The predicted octanol–water partition coefficient (Wildman–Crippen LogP) is 4.43. The van der Waals surface area contributed by atoms with Crippen LogP contribution in [0.4, 0.5) is 9.59 Å². The average Bonchev–Trinajstić information content (AvgIpc) is 3.03. The molecule has 166 valence electrons. The number of ether oxygens (including phenoxy) is 4. The van der Waals surface area contributed by atoms with E-state index >= 15 is 0 Å². The molecule has 0 aromatic rings. The first kappa shape index (κ1) is 21.2. The molecule has 7 nitrogen and oxygen atoms in total. The van der Waals surface area contributed by atoms with Crippen molar-refractivity contribution in [2.75, 3.05) is 14.2 Å². The van der Waals surface area contributed by atoms with Crippen molar-refractivity contribution in [3.63, 3.8) is 0 Å². The zero-order valence-corrected chi connectivity index (χ0v) is 18.3. The number of ketones is 1. The molecule has 0 N–H and O–H groups in total. The van der Waals surface area contributed by atoms with Crippen LogP contribution in [0.25, 0.3) is 0 Å². The summed E-state index contributed by atoms with van der Waals surface area (Å²) in [7, 11) is 2.62. The van der Waals surface area contributed by atoms with Crippen LogP contribution in [0.5, 0.6) is 0 Å². The van der Waals surface area contributed by atoms with Crippen LogP contribution in [0.3, 0.4) is 0 Å². The molecule has 0 aromatic carbocycles. The molecule has 0 aliphatic heterocycles. The largest absolute Gasteiger partial charge is 0.508 e. The van der Waals surface area contributed by atoms with Crippen LogP contribution in [0, 0.1) is 28.6 Å². The van der Waals surface area contributed by atoms with Gasteiger partial charge in [-0.15, -0.1) is 0 Å². The molecule has 3 fully saturated rings. The number of carbonyl (C=O) groups is 3. The van der Waals surface area contributed by atoms with Gasteiger partial charge in [0, 0.05) is 24.2 Å². The fraction of sp³-hybridized carbons (Fsp3) is 0.783. The van der Waals surface area contributed by atoms with Gasteiger partial charge < -0.3 is 18.9 Å². The molecule has 4 aliphatic carbocycles. The zero-order chi connectivity index (χ0) is 21.7. The second-order valence-corrected chi connectivity index (χ2v) is 9.79. The van der Waals surface area contributed by atoms with Gasteiger partial charge in [-0.2, -0.15) is 0 Å². The molecular weight excluding hydrogens is 388 g/mol. The van der Waals surface area contributed by atoms with Gasteiger partial charge in [0.15, 0.2) is 0 Å². The van der Waals surface area contributed by atoms with Crippen molar-refractivity contribution in [3.05, 3.63) is 11.6 Å². The fourth-order valence-electron chi connectivity index (χ4n) is 6.92. The molecule has 0 spiro atoms. The number of methoxy groups -OCH3 is 2. The third-order valence-electron chi connectivity index (χ3n) is 8.60. The van der Waals surface area contributed by atoms with Crippen molar-refractivity contribution in [2.45, 2.75) is 71.0 Å². The summed E-state index contributed by atoms with van der Waals surface area (Å²) in [6, 6.07) is 0. The van der Waals surface area contributed by atoms with Gasteiger partial charge >= 0.3 is 12.3 Å². The monoisotopic (exact) mass is 420 g/mol. The molecule has 0 radical (unpaired) electrons. The maximum Gasteiger partial charge on any atom is 0.508 e. The second kappa shape index (κ2) is 7.57. The first-order chi connectivity index (χ1) is 14.2.